The molecule has 1 saturated carbocycles. The molecule has 4 nitrogen and oxygen atoms in total. The van der Waals surface area contributed by atoms with Crippen LogP contribution in [0.15, 0.2) is 22.5 Å². The van der Waals surface area contributed by atoms with Gasteiger partial charge in [0.1, 0.15) is 0 Å². The Balaban J connectivity index is 1.96. The molecule has 1 aromatic heterocycles. The van der Waals surface area contributed by atoms with Crippen LogP contribution in [0.2, 0.25) is 0 Å². The van der Waals surface area contributed by atoms with E-state index in [0.717, 1.165) is 12.4 Å². The minimum atomic E-state index is 0.382. The maximum atomic E-state index is 5.68. The van der Waals surface area contributed by atoms with Crippen LogP contribution in [0.4, 0.5) is 0 Å². The highest BCUT2D eigenvalue weighted by molar-refractivity contribution is 7.09. The molecule has 112 valence electrons. The Morgan fingerprint density at radius 1 is 1.50 bits per heavy atom. The summed E-state index contributed by atoms with van der Waals surface area (Å²) in [5.41, 5.74) is 2.79. The van der Waals surface area contributed by atoms with E-state index in [2.05, 4.69) is 41.8 Å². The van der Waals surface area contributed by atoms with Crippen LogP contribution in [0.1, 0.15) is 43.9 Å². The second kappa shape index (κ2) is 7.64. The average Bonchev–Trinajstić information content (AvgIpc) is 2.98. The fraction of sp³-hybridized carbons (Fsp3) is 0.667. The summed E-state index contributed by atoms with van der Waals surface area (Å²) < 4.78 is 0. The molecule has 5 heteroatoms. The zero-order chi connectivity index (χ0) is 14.4. The van der Waals surface area contributed by atoms with Gasteiger partial charge in [0.15, 0.2) is 0 Å². The van der Waals surface area contributed by atoms with Gasteiger partial charge in [-0.25, -0.2) is 10.8 Å². The highest BCUT2D eigenvalue weighted by Crippen LogP contribution is 2.21. The minimum absolute atomic E-state index is 0.382. The van der Waals surface area contributed by atoms with Gasteiger partial charge in [-0.05, 0) is 31.2 Å². The lowest BCUT2D eigenvalue weighted by Crippen LogP contribution is -2.48. The molecule has 1 atom stereocenters. The predicted molar refractivity (Wildman–Crippen MR) is 86.9 cm³/mol. The topological polar surface area (TPSA) is 53.6 Å². The van der Waals surface area contributed by atoms with Crippen molar-refractivity contribution in [1.29, 1.82) is 0 Å². The van der Waals surface area contributed by atoms with E-state index in [4.69, 9.17) is 10.8 Å². The third-order valence-electron chi connectivity index (χ3n) is 4.08. The number of hydrogen-bond acceptors (Lipinski definition) is 3. The lowest BCUT2D eigenvalue weighted by atomic mass is 9.96. The van der Waals surface area contributed by atoms with E-state index in [9.17, 15) is 0 Å². The number of rotatable bonds is 4. The fourth-order valence-corrected chi connectivity index (χ4v) is 3.51. The van der Waals surface area contributed by atoms with Crippen molar-refractivity contribution >= 4 is 17.3 Å². The molecule has 0 amide bonds. The molecule has 20 heavy (non-hydrogen) atoms. The smallest absolute Gasteiger partial charge is 0.208 e. The van der Waals surface area contributed by atoms with Crippen molar-refractivity contribution in [2.75, 3.05) is 7.05 Å². The van der Waals surface area contributed by atoms with Crippen LogP contribution < -0.4 is 11.3 Å². The predicted octanol–water partition coefficient (Wildman–Crippen LogP) is 2.76. The molecule has 1 fully saturated rings. The monoisotopic (exact) mass is 294 g/mol. The van der Waals surface area contributed by atoms with Gasteiger partial charge in [-0.2, -0.15) is 0 Å². The number of nitrogens with two attached hydrogens (primary N) is 1. The summed E-state index contributed by atoms with van der Waals surface area (Å²) in [6.07, 6.45) is 7.35. The molecule has 1 aliphatic carbocycles. The number of hydrazine groups is 1. The lowest BCUT2D eigenvalue weighted by Gasteiger charge is -2.29. The van der Waals surface area contributed by atoms with Gasteiger partial charge < -0.3 is 4.90 Å². The van der Waals surface area contributed by atoms with Crippen molar-refractivity contribution in [3.05, 3.63) is 22.4 Å². The molecule has 1 aromatic rings. The minimum Gasteiger partial charge on any atom is -0.342 e. The van der Waals surface area contributed by atoms with Crippen LogP contribution in [0, 0.1) is 0 Å². The summed E-state index contributed by atoms with van der Waals surface area (Å²) in [5.74, 6) is 6.50. The van der Waals surface area contributed by atoms with Crippen LogP contribution >= 0.6 is 11.3 Å². The molecule has 3 N–H and O–H groups in total. The number of nitrogens with zero attached hydrogens (tertiary/aromatic N) is 2. The van der Waals surface area contributed by atoms with Crippen molar-refractivity contribution in [3.8, 4) is 0 Å². The van der Waals surface area contributed by atoms with Crippen LogP contribution in [0.3, 0.4) is 0 Å². The number of nitrogens with one attached hydrogen (secondary N) is 1. The molecule has 0 radical (unpaired) electrons. The summed E-state index contributed by atoms with van der Waals surface area (Å²) in [4.78, 5) is 8.38. The summed E-state index contributed by atoms with van der Waals surface area (Å²) in [7, 11) is 2.07. The van der Waals surface area contributed by atoms with Gasteiger partial charge in [0.2, 0.25) is 5.96 Å². The van der Waals surface area contributed by atoms with E-state index in [-0.39, 0.29) is 0 Å². The van der Waals surface area contributed by atoms with Crippen molar-refractivity contribution < 1.29 is 0 Å². The summed E-state index contributed by atoms with van der Waals surface area (Å²) in [5, 5.41) is 2.13. The first-order chi connectivity index (χ1) is 9.70. The van der Waals surface area contributed by atoms with E-state index < -0.39 is 0 Å². The molecular formula is C15H26N4S. The zero-order valence-corrected chi connectivity index (χ0v) is 13.3. The SMILES string of the molecule is CC(Cc1cccs1)N(C)C(=NC1CCCCC1)NN. The van der Waals surface area contributed by atoms with Crippen LogP contribution in [-0.2, 0) is 6.42 Å². The van der Waals surface area contributed by atoms with Gasteiger partial charge in [0.25, 0.3) is 0 Å². The van der Waals surface area contributed by atoms with E-state index in [1.807, 2.05) is 0 Å². The molecule has 0 saturated heterocycles. The van der Waals surface area contributed by atoms with Crippen molar-refractivity contribution in [3.63, 3.8) is 0 Å². The average molecular weight is 294 g/mol. The van der Waals surface area contributed by atoms with Crippen LogP contribution in [-0.4, -0.2) is 30.0 Å². The molecule has 0 spiro atoms. The van der Waals surface area contributed by atoms with Gasteiger partial charge in [-0.15, -0.1) is 11.3 Å². The molecule has 0 bridgehead atoms. The molecular weight excluding hydrogens is 268 g/mol. The Labute approximate surface area is 126 Å². The standard InChI is InChI=1S/C15H26N4S/c1-12(11-14-9-6-10-20-14)19(2)15(18-16)17-13-7-4-3-5-8-13/h6,9-10,12-13H,3-5,7-8,11,16H2,1-2H3,(H,17,18). The van der Waals surface area contributed by atoms with Crippen molar-refractivity contribution in [2.45, 2.75) is 57.5 Å². The Kier molecular flexibility index (Phi) is 5.86. The maximum Gasteiger partial charge on any atom is 0.208 e. The summed E-state index contributed by atoms with van der Waals surface area (Å²) in [6, 6.07) is 5.10. The highest BCUT2D eigenvalue weighted by Gasteiger charge is 2.18. The number of guanidine groups is 1. The maximum absolute atomic E-state index is 5.68. The molecule has 0 aliphatic heterocycles. The lowest BCUT2D eigenvalue weighted by molar-refractivity contribution is 0.366. The molecule has 1 unspecified atom stereocenters. The molecule has 1 heterocycles. The van der Waals surface area contributed by atoms with Crippen LogP contribution in [0.5, 0.6) is 0 Å². The number of aliphatic imine (C=N–C) groups is 1. The van der Waals surface area contributed by atoms with Crippen LogP contribution in [0.25, 0.3) is 0 Å². The van der Waals surface area contributed by atoms with E-state index >= 15 is 0 Å². The zero-order valence-electron chi connectivity index (χ0n) is 12.5. The van der Waals surface area contributed by atoms with E-state index in [1.54, 1.807) is 11.3 Å². The summed E-state index contributed by atoms with van der Waals surface area (Å²) >= 11 is 1.81. The third kappa shape index (κ3) is 4.21. The number of likely N-dealkylation sites (N-methyl/N-ethyl adjacent to an activating group) is 1. The highest BCUT2D eigenvalue weighted by atomic mass is 32.1. The first-order valence-corrected chi connectivity index (χ1v) is 8.38. The van der Waals surface area contributed by atoms with E-state index in [0.29, 0.717) is 12.1 Å². The van der Waals surface area contributed by atoms with Crippen molar-refractivity contribution in [1.82, 2.24) is 10.3 Å². The van der Waals surface area contributed by atoms with Gasteiger partial charge >= 0.3 is 0 Å². The molecule has 2 rings (SSSR count). The van der Waals surface area contributed by atoms with Gasteiger partial charge in [0, 0.05) is 24.4 Å². The molecule has 0 aromatic carbocycles. The Hall–Kier alpha value is -1.07. The normalized spacial score (nSPS) is 18.9. The van der Waals surface area contributed by atoms with Gasteiger partial charge in [-0.3, -0.25) is 5.43 Å². The Morgan fingerprint density at radius 2 is 2.25 bits per heavy atom. The van der Waals surface area contributed by atoms with E-state index in [1.165, 1.54) is 37.0 Å². The van der Waals surface area contributed by atoms with Crippen molar-refractivity contribution in [2.24, 2.45) is 10.8 Å². The Morgan fingerprint density at radius 3 is 2.85 bits per heavy atom. The second-order valence-corrected chi connectivity index (χ2v) is 6.66. The fourth-order valence-electron chi connectivity index (χ4n) is 2.68. The largest absolute Gasteiger partial charge is 0.342 e. The second-order valence-electron chi connectivity index (χ2n) is 5.63. The first kappa shape index (κ1) is 15.3. The molecule has 1 aliphatic rings. The van der Waals surface area contributed by atoms with Gasteiger partial charge in [0.05, 0.1) is 6.04 Å². The Bertz CT molecular complexity index is 410. The number of hydrogen-bond donors (Lipinski definition) is 2. The first-order valence-electron chi connectivity index (χ1n) is 7.50. The quantitative estimate of drug-likeness (QED) is 0.388. The number of thiophene rings is 1. The summed E-state index contributed by atoms with van der Waals surface area (Å²) in [6.45, 7) is 2.22. The van der Waals surface area contributed by atoms with Gasteiger partial charge in [-0.1, -0.05) is 25.3 Å². The third-order valence-corrected chi connectivity index (χ3v) is 4.98.